The van der Waals surface area contributed by atoms with Gasteiger partial charge in [0.05, 0.1) is 6.61 Å². The van der Waals surface area contributed by atoms with Crippen molar-refractivity contribution < 1.29 is 5.11 Å². The van der Waals surface area contributed by atoms with E-state index in [1.807, 2.05) is 6.08 Å². The maximum Gasteiger partial charge on any atom is 0.0856 e. The van der Waals surface area contributed by atoms with E-state index in [2.05, 4.69) is 13.8 Å². The van der Waals surface area contributed by atoms with E-state index in [1.165, 1.54) is 5.57 Å². The van der Waals surface area contributed by atoms with Gasteiger partial charge in [0.1, 0.15) is 0 Å². The number of hydrogen-bond donors (Lipinski definition) is 0. The molecule has 0 saturated carbocycles. The van der Waals surface area contributed by atoms with Crippen molar-refractivity contribution in [3.63, 3.8) is 0 Å². The first-order valence-corrected chi connectivity index (χ1v) is 3.05. The summed E-state index contributed by atoms with van der Waals surface area (Å²) in [5.74, 6) is 0. The summed E-state index contributed by atoms with van der Waals surface area (Å²) in [4.78, 5) is 0. The second kappa shape index (κ2) is 4.85. The molecule has 1 nitrogen and oxygen atoms in total. The predicted octanol–water partition coefficient (Wildman–Crippen LogP) is 2.16. The molecule has 1 heteroatoms. The van der Waals surface area contributed by atoms with Crippen molar-refractivity contribution in [2.24, 2.45) is 0 Å². The summed E-state index contributed by atoms with van der Waals surface area (Å²) in [6.45, 7) is 4.17. The van der Waals surface area contributed by atoms with E-state index < -0.39 is 0 Å². The Morgan fingerprint density at radius 2 is 2.25 bits per heavy atom. The Morgan fingerprint density at radius 3 is 2.62 bits per heavy atom. The van der Waals surface area contributed by atoms with E-state index >= 15 is 0 Å². The predicted molar refractivity (Wildman–Crippen MR) is 34.2 cm³/mol. The summed E-state index contributed by atoms with van der Waals surface area (Å²) in [5.41, 5.74) is 1.32. The van der Waals surface area contributed by atoms with E-state index in [9.17, 15) is 5.11 Å². The topological polar surface area (TPSA) is 19.9 Å². The minimum absolute atomic E-state index is 0.0251. The maximum absolute atomic E-state index is 9.91. The highest BCUT2D eigenvalue weighted by molar-refractivity contribution is 4.95. The number of hydrogen-bond acceptors (Lipinski definition) is 0. The van der Waals surface area contributed by atoms with Crippen molar-refractivity contribution in [1.82, 2.24) is 0 Å². The van der Waals surface area contributed by atoms with Crippen LogP contribution in [0.25, 0.3) is 0 Å². The molecule has 0 amide bonds. The van der Waals surface area contributed by atoms with E-state index in [0.29, 0.717) is 6.42 Å². The highest BCUT2D eigenvalue weighted by Crippen LogP contribution is 1.98. The second-order valence-electron chi connectivity index (χ2n) is 1.90. The molecular weight excluding hydrogens is 100 g/mol. The van der Waals surface area contributed by atoms with E-state index in [1.54, 1.807) is 0 Å². The van der Waals surface area contributed by atoms with E-state index in [0.717, 1.165) is 6.42 Å². The zero-order chi connectivity index (χ0) is 6.41. The third-order valence-electron chi connectivity index (χ3n) is 1.17. The molecule has 8 heavy (non-hydrogen) atoms. The van der Waals surface area contributed by atoms with Gasteiger partial charge in [0.15, 0.2) is 0 Å². The van der Waals surface area contributed by atoms with Crippen LogP contribution in [0.4, 0.5) is 0 Å². The Balaban J connectivity index is 3.26. The first-order chi connectivity index (χ1) is 3.81. The second-order valence-corrected chi connectivity index (χ2v) is 1.90. The van der Waals surface area contributed by atoms with Gasteiger partial charge in [-0.25, -0.2) is 5.11 Å². The molecule has 0 fully saturated rings. The molecule has 0 aliphatic carbocycles. The quantitative estimate of drug-likeness (QED) is 0.500. The minimum atomic E-state index is 0.0251. The summed E-state index contributed by atoms with van der Waals surface area (Å²) in [5, 5.41) is 9.91. The van der Waals surface area contributed by atoms with Gasteiger partial charge in [0, 0.05) is 0 Å². The molecule has 0 rings (SSSR count). The summed E-state index contributed by atoms with van der Waals surface area (Å²) in [6, 6.07) is 0. The summed E-state index contributed by atoms with van der Waals surface area (Å²) in [6.07, 6.45) is 3.77. The third kappa shape index (κ3) is 3.88. The molecule has 0 unspecified atom stereocenters. The zero-order valence-corrected chi connectivity index (χ0v) is 5.61. The van der Waals surface area contributed by atoms with Crippen LogP contribution >= 0.6 is 0 Å². The molecule has 0 bridgehead atoms. The van der Waals surface area contributed by atoms with Crippen LogP contribution in [0.5, 0.6) is 0 Å². The van der Waals surface area contributed by atoms with Crippen LogP contribution in [0.3, 0.4) is 0 Å². The smallest absolute Gasteiger partial charge is 0.0856 e. The molecule has 47 valence electrons. The molecule has 0 saturated heterocycles. The van der Waals surface area contributed by atoms with Crippen molar-refractivity contribution in [2.75, 3.05) is 6.61 Å². The van der Waals surface area contributed by atoms with Gasteiger partial charge in [0.2, 0.25) is 0 Å². The fraction of sp³-hybridized carbons (Fsp3) is 0.714. The van der Waals surface area contributed by atoms with Gasteiger partial charge in [-0.15, -0.1) is 0 Å². The van der Waals surface area contributed by atoms with Gasteiger partial charge in [-0.05, 0) is 19.8 Å². The first-order valence-electron chi connectivity index (χ1n) is 3.05. The molecule has 0 aliphatic heterocycles. The Bertz CT molecular complexity index is 74.5. The highest BCUT2D eigenvalue weighted by atomic mass is 16.2. The maximum atomic E-state index is 9.91. The SMILES string of the molecule is CCC(C)=CCC[O]. The van der Waals surface area contributed by atoms with Crippen LogP contribution in [0.15, 0.2) is 11.6 Å². The van der Waals surface area contributed by atoms with Crippen LogP contribution in [-0.2, 0) is 5.11 Å². The fourth-order valence-electron chi connectivity index (χ4n) is 0.450. The van der Waals surface area contributed by atoms with Gasteiger partial charge in [0.25, 0.3) is 0 Å². The standard InChI is InChI=1S/C7H13O/c1-3-7(2)5-4-6-8/h5H,3-4,6H2,1-2H3. The van der Waals surface area contributed by atoms with Crippen molar-refractivity contribution in [2.45, 2.75) is 26.7 Å². The van der Waals surface area contributed by atoms with Crippen molar-refractivity contribution in [3.8, 4) is 0 Å². The molecule has 0 heterocycles. The molecule has 0 atom stereocenters. The van der Waals surface area contributed by atoms with Crippen molar-refractivity contribution >= 4 is 0 Å². The lowest BCUT2D eigenvalue weighted by Crippen LogP contribution is -1.76. The molecule has 0 aromatic heterocycles. The average Bonchev–Trinajstić information content (AvgIpc) is 1.83. The molecule has 1 radical (unpaired) electrons. The normalized spacial score (nSPS) is 12.1. The first kappa shape index (κ1) is 7.70. The van der Waals surface area contributed by atoms with Gasteiger partial charge in [-0.1, -0.05) is 18.6 Å². The Kier molecular flexibility index (Phi) is 4.67. The van der Waals surface area contributed by atoms with Crippen LogP contribution in [0, 0.1) is 0 Å². The lowest BCUT2D eigenvalue weighted by Gasteiger charge is -1.90. The van der Waals surface area contributed by atoms with Crippen LogP contribution in [0.1, 0.15) is 26.7 Å². The third-order valence-corrected chi connectivity index (χ3v) is 1.17. The van der Waals surface area contributed by atoms with Crippen LogP contribution in [0.2, 0.25) is 0 Å². The monoisotopic (exact) mass is 113 g/mol. The largest absolute Gasteiger partial charge is 0.236 e. The summed E-state index contributed by atoms with van der Waals surface area (Å²) < 4.78 is 0. The Hall–Kier alpha value is -0.300. The molecule has 0 N–H and O–H groups in total. The van der Waals surface area contributed by atoms with Gasteiger partial charge >= 0.3 is 0 Å². The summed E-state index contributed by atoms with van der Waals surface area (Å²) >= 11 is 0. The highest BCUT2D eigenvalue weighted by Gasteiger charge is 1.81. The summed E-state index contributed by atoms with van der Waals surface area (Å²) in [7, 11) is 0. The lowest BCUT2D eigenvalue weighted by atomic mass is 10.2. The lowest BCUT2D eigenvalue weighted by molar-refractivity contribution is 0.199. The Morgan fingerprint density at radius 1 is 1.62 bits per heavy atom. The Labute approximate surface area is 51.0 Å². The molecule has 0 aromatic carbocycles. The molecule has 0 aliphatic rings. The van der Waals surface area contributed by atoms with Crippen molar-refractivity contribution in [3.05, 3.63) is 11.6 Å². The average molecular weight is 113 g/mol. The molecule has 0 aromatic rings. The fourth-order valence-corrected chi connectivity index (χ4v) is 0.450. The van der Waals surface area contributed by atoms with Gasteiger partial charge < -0.3 is 0 Å². The zero-order valence-electron chi connectivity index (χ0n) is 5.61. The van der Waals surface area contributed by atoms with Gasteiger partial charge in [-0.3, -0.25) is 0 Å². The molecule has 0 spiro atoms. The van der Waals surface area contributed by atoms with E-state index in [4.69, 9.17) is 0 Å². The van der Waals surface area contributed by atoms with Crippen LogP contribution < -0.4 is 0 Å². The van der Waals surface area contributed by atoms with Gasteiger partial charge in [-0.2, -0.15) is 0 Å². The van der Waals surface area contributed by atoms with E-state index in [-0.39, 0.29) is 6.61 Å². The van der Waals surface area contributed by atoms with Crippen molar-refractivity contribution in [1.29, 1.82) is 0 Å². The minimum Gasteiger partial charge on any atom is -0.236 e. The molecular formula is C7H13O. The number of rotatable bonds is 3. The van der Waals surface area contributed by atoms with Crippen LogP contribution in [-0.4, -0.2) is 6.61 Å². The number of allylic oxidation sites excluding steroid dienone is 1.